The Labute approximate surface area is 138 Å². The van der Waals surface area contributed by atoms with Crippen LogP contribution in [-0.2, 0) is 6.54 Å². The second-order valence-electron chi connectivity index (χ2n) is 4.83. The summed E-state index contributed by atoms with van der Waals surface area (Å²) in [6.07, 6.45) is 1.99. The van der Waals surface area contributed by atoms with Gasteiger partial charge in [0, 0.05) is 12.1 Å². The fraction of sp³-hybridized carbons (Fsp3) is 0.467. The molecule has 0 spiro atoms. The highest BCUT2D eigenvalue weighted by Gasteiger charge is 2.15. The number of hydrogen-bond donors (Lipinski definition) is 1. The Hall–Kier alpha value is -1.96. The van der Waals surface area contributed by atoms with Crippen molar-refractivity contribution in [1.29, 1.82) is 0 Å². The summed E-state index contributed by atoms with van der Waals surface area (Å²) in [7, 11) is 0. The summed E-state index contributed by atoms with van der Waals surface area (Å²) >= 11 is 5.24. The summed E-state index contributed by atoms with van der Waals surface area (Å²) in [5.41, 5.74) is 0.721. The Bertz CT molecular complexity index is 700. The molecular formula is C15H19F2N3O2S. The van der Waals surface area contributed by atoms with Crippen LogP contribution in [0.25, 0.3) is 11.4 Å². The molecule has 23 heavy (non-hydrogen) atoms. The zero-order valence-corrected chi connectivity index (χ0v) is 13.8. The molecule has 8 heteroatoms. The van der Waals surface area contributed by atoms with Crippen LogP contribution in [0.1, 0.15) is 26.7 Å². The number of ether oxygens (including phenoxy) is 2. The van der Waals surface area contributed by atoms with Crippen LogP contribution in [0.5, 0.6) is 11.5 Å². The van der Waals surface area contributed by atoms with Gasteiger partial charge in [0.25, 0.3) is 0 Å². The zero-order chi connectivity index (χ0) is 16.8. The molecule has 0 aliphatic carbocycles. The van der Waals surface area contributed by atoms with Gasteiger partial charge in [-0.3, -0.25) is 5.10 Å². The van der Waals surface area contributed by atoms with Crippen LogP contribution < -0.4 is 9.47 Å². The minimum absolute atomic E-state index is 0.000147. The van der Waals surface area contributed by atoms with Crippen LogP contribution in [0.2, 0.25) is 0 Å². The molecule has 0 atom stereocenters. The highest BCUT2D eigenvalue weighted by Crippen LogP contribution is 2.33. The van der Waals surface area contributed by atoms with E-state index in [4.69, 9.17) is 17.0 Å². The maximum absolute atomic E-state index is 12.5. The smallest absolute Gasteiger partial charge is 0.387 e. The molecule has 2 rings (SSSR count). The minimum Gasteiger partial charge on any atom is -0.490 e. The maximum Gasteiger partial charge on any atom is 0.387 e. The molecule has 126 valence electrons. The fourth-order valence-corrected chi connectivity index (χ4v) is 2.39. The van der Waals surface area contributed by atoms with Gasteiger partial charge >= 0.3 is 6.61 Å². The number of benzene rings is 1. The molecule has 0 saturated heterocycles. The SMILES string of the molecule is CCCCn1c(-c2ccc(OC(F)F)c(OCC)c2)n[nH]c1=S. The first kappa shape index (κ1) is 17.4. The Kier molecular flexibility index (Phi) is 6.09. The fourth-order valence-electron chi connectivity index (χ4n) is 2.17. The monoisotopic (exact) mass is 343 g/mol. The van der Waals surface area contributed by atoms with E-state index >= 15 is 0 Å². The predicted octanol–water partition coefficient (Wildman–Crippen LogP) is 4.41. The summed E-state index contributed by atoms with van der Waals surface area (Å²) in [5.74, 6) is 0.897. The van der Waals surface area contributed by atoms with E-state index in [2.05, 4.69) is 21.9 Å². The van der Waals surface area contributed by atoms with Crippen LogP contribution >= 0.6 is 12.2 Å². The van der Waals surface area contributed by atoms with Crippen molar-refractivity contribution in [3.63, 3.8) is 0 Å². The van der Waals surface area contributed by atoms with Gasteiger partial charge in [-0.15, -0.1) is 0 Å². The summed E-state index contributed by atoms with van der Waals surface area (Å²) in [4.78, 5) is 0. The van der Waals surface area contributed by atoms with Crippen LogP contribution in [-0.4, -0.2) is 28.0 Å². The van der Waals surface area contributed by atoms with Crippen molar-refractivity contribution < 1.29 is 18.3 Å². The number of H-pyrrole nitrogens is 1. The summed E-state index contributed by atoms with van der Waals surface area (Å²) in [6.45, 7) is 2.04. The van der Waals surface area contributed by atoms with Gasteiger partial charge in [-0.05, 0) is 43.8 Å². The van der Waals surface area contributed by atoms with Gasteiger partial charge in [0.05, 0.1) is 6.61 Å². The maximum atomic E-state index is 12.5. The molecule has 1 aromatic heterocycles. The molecule has 2 aromatic rings. The molecule has 0 amide bonds. The lowest BCUT2D eigenvalue weighted by Crippen LogP contribution is -2.05. The highest BCUT2D eigenvalue weighted by molar-refractivity contribution is 7.71. The van der Waals surface area contributed by atoms with Crippen LogP contribution in [0.15, 0.2) is 18.2 Å². The zero-order valence-electron chi connectivity index (χ0n) is 13.0. The average Bonchev–Trinajstić information content (AvgIpc) is 2.87. The summed E-state index contributed by atoms with van der Waals surface area (Å²) in [5, 5.41) is 7.00. The third-order valence-corrected chi connectivity index (χ3v) is 3.52. The number of nitrogens with one attached hydrogen (secondary N) is 1. The van der Waals surface area contributed by atoms with Crippen LogP contribution in [0.3, 0.4) is 0 Å². The number of alkyl halides is 2. The average molecular weight is 343 g/mol. The van der Waals surface area contributed by atoms with Gasteiger partial charge in [-0.2, -0.15) is 13.9 Å². The van der Waals surface area contributed by atoms with Crippen molar-refractivity contribution in [3.05, 3.63) is 23.0 Å². The van der Waals surface area contributed by atoms with Crippen molar-refractivity contribution in [2.24, 2.45) is 0 Å². The Balaban J connectivity index is 2.40. The Morgan fingerprint density at radius 1 is 1.30 bits per heavy atom. The first-order valence-electron chi connectivity index (χ1n) is 7.44. The molecule has 0 unspecified atom stereocenters. The molecule has 1 heterocycles. The van der Waals surface area contributed by atoms with Crippen molar-refractivity contribution in [2.75, 3.05) is 6.61 Å². The van der Waals surface area contributed by atoms with Crippen molar-refractivity contribution in [1.82, 2.24) is 14.8 Å². The second-order valence-corrected chi connectivity index (χ2v) is 5.22. The molecule has 0 saturated carbocycles. The second kappa shape index (κ2) is 8.05. The number of rotatable bonds is 8. The molecule has 0 aliphatic rings. The van der Waals surface area contributed by atoms with Crippen molar-refractivity contribution >= 4 is 12.2 Å². The molecule has 1 aromatic carbocycles. The normalized spacial score (nSPS) is 11.0. The van der Waals surface area contributed by atoms with E-state index in [0.717, 1.165) is 24.9 Å². The van der Waals surface area contributed by atoms with E-state index < -0.39 is 6.61 Å². The van der Waals surface area contributed by atoms with Gasteiger partial charge in [-0.1, -0.05) is 13.3 Å². The molecule has 0 radical (unpaired) electrons. The summed E-state index contributed by atoms with van der Waals surface area (Å²) in [6, 6.07) is 4.75. The van der Waals surface area contributed by atoms with Gasteiger partial charge in [-0.25, -0.2) is 0 Å². The predicted molar refractivity (Wildman–Crippen MR) is 85.6 cm³/mol. The van der Waals surface area contributed by atoms with Crippen molar-refractivity contribution in [2.45, 2.75) is 39.8 Å². The van der Waals surface area contributed by atoms with Crippen molar-refractivity contribution in [3.8, 4) is 22.9 Å². The third-order valence-electron chi connectivity index (χ3n) is 3.21. The topological polar surface area (TPSA) is 52.1 Å². The standard InChI is InChI=1S/C15H19F2N3O2S/c1-3-5-8-20-13(18-19-15(20)23)10-6-7-11(22-14(16)17)12(9-10)21-4-2/h6-7,9,14H,3-5,8H2,1-2H3,(H,19,23). The number of halogens is 2. The van der Waals surface area contributed by atoms with E-state index in [1.54, 1.807) is 19.1 Å². The van der Waals surface area contributed by atoms with Crippen LogP contribution in [0.4, 0.5) is 8.78 Å². The van der Waals surface area contributed by atoms with E-state index in [1.807, 2.05) is 4.57 Å². The Morgan fingerprint density at radius 2 is 2.09 bits per heavy atom. The molecule has 0 bridgehead atoms. The lowest BCUT2D eigenvalue weighted by molar-refractivity contribution is -0.0514. The van der Waals surface area contributed by atoms with Gasteiger partial charge in [0.1, 0.15) is 0 Å². The molecule has 0 fully saturated rings. The number of hydrogen-bond acceptors (Lipinski definition) is 4. The number of unbranched alkanes of at least 4 members (excludes halogenated alkanes) is 1. The number of nitrogens with zero attached hydrogens (tertiary/aromatic N) is 2. The van der Waals surface area contributed by atoms with Gasteiger partial charge < -0.3 is 14.0 Å². The lowest BCUT2D eigenvalue weighted by Gasteiger charge is -2.13. The first-order valence-corrected chi connectivity index (χ1v) is 7.84. The van der Waals surface area contributed by atoms with Crippen LogP contribution in [0, 0.1) is 4.77 Å². The lowest BCUT2D eigenvalue weighted by atomic mass is 10.2. The molecule has 5 nitrogen and oxygen atoms in total. The Morgan fingerprint density at radius 3 is 2.74 bits per heavy atom. The van der Waals surface area contributed by atoms with Gasteiger partial charge in [0.2, 0.25) is 0 Å². The van der Waals surface area contributed by atoms with E-state index in [-0.39, 0.29) is 11.5 Å². The third kappa shape index (κ3) is 4.28. The first-order chi connectivity index (χ1) is 11.1. The number of aromatic amines is 1. The summed E-state index contributed by atoms with van der Waals surface area (Å²) < 4.78 is 37.2. The quantitative estimate of drug-likeness (QED) is 0.722. The molecular weight excluding hydrogens is 324 g/mol. The van der Waals surface area contributed by atoms with E-state index in [0.29, 0.717) is 17.2 Å². The molecule has 0 aliphatic heterocycles. The van der Waals surface area contributed by atoms with Gasteiger partial charge in [0.15, 0.2) is 22.1 Å². The van der Waals surface area contributed by atoms with E-state index in [9.17, 15) is 8.78 Å². The number of aromatic nitrogens is 3. The minimum atomic E-state index is -2.90. The highest BCUT2D eigenvalue weighted by atomic mass is 32.1. The van der Waals surface area contributed by atoms with E-state index in [1.165, 1.54) is 6.07 Å². The largest absolute Gasteiger partial charge is 0.490 e. The molecule has 1 N–H and O–H groups in total.